The highest BCUT2D eigenvalue weighted by Crippen LogP contribution is 2.17. The molecule has 0 unspecified atom stereocenters. The minimum absolute atomic E-state index is 0.119. The van der Waals surface area contributed by atoms with Crippen molar-refractivity contribution in [2.45, 2.75) is 4.90 Å². The van der Waals surface area contributed by atoms with Crippen molar-refractivity contribution in [3.63, 3.8) is 0 Å². The van der Waals surface area contributed by atoms with E-state index in [2.05, 4.69) is 10.3 Å². The highest BCUT2D eigenvalue weighted by Gasteiger charge is 2.23. The Morgan fingerprint density at radius 2 is 1.92 bits per heavy atom. The number of hydrogen-bond acceptors (Lipinski definition) is 5. The molecule has 0 spiro atoms. The number of H-pyrrole nitrogens is 1. The number of likely N-dealkylation sites (N-methyl/N-ethyl adjacent to an activating group) is 1. The Morgan fingerprint density at radius 3 is 2.62 bits per heavy atom. The average Bonchev–Trinajstić information content (AvgIpc) is 2.94. The molecule has 1 aromatic heterocycles. The molecule has 26 heavy (non-hydrogen) atoms. The van der Waals surface area contributed by atoms with Gasteiger partial charge < -0.3 is 9.73 Å². The molecule has 1 heterocycles. The van der Waals surface area contributed by atoms with E-state index in [1.807, 2.05) is 0 Å². The monoisotopic (exact) mass is 379 g/mol. The normalized spacial score (nSPS) is 11.8. The number of amides is 1. The summed E-state index contributed by atoms with van der Waals surface area (Å²) in [6.07, 6.45) is 0. The van der Waals surface area contributed by atoms with Crippen molar-refractivity contribution in [3.8, 4) is 0 Å². The molecule has 0 aliphatic carbocycles. The summed E-state index contributed by atoms with van der Waals surface area (Å²) in [6.45, 7) is -0.445. The molecule has 3 rings (SSSR count). The number of carbonyl (C=O) groups excluding carboxylic acids is 1. The number of hydrogen-bond donors (Lipinski definition) is 2. The van der Waals surface area contributed by atoms with Gasteiger partial charge in [0.25, 0.3) is 0 Å². The second-order valence-corrected chi connectivity index (χ2v) is 7.53. The lowest BCUT2D eigenvalue weighted by atomic mass is 10.3. The number of fused-ring (bicyclic) bond motifs is 1. The lowest BCUT2D eigenvalue weighted by Crippen LogP contribution is -2.34. The summed E-state index contributed by atoms with van der Waals surface area (Å²) < 4.78 is 43.4. The molecule has 10 heteroatoms. The molecule has 0 aliphatic rings. The van der Waals surface area contributed by atoms with Crippen LogP contribution in [0.5, 0.6) is 0 Å². The fraction of sp³-hybridized carbons (Fsp3) is 0.125. The number of carbonyl (C=O) groups is 1. The number of oxazole rings is 1. The van der Waals surface area contributed by atoms with E-state index in [1.54, 1.807) is 0 Å². The molecular weight excluding hydrogens is 365 g/mol. The van der Waals surface area contributed by atoms with Crippen LogP contribution in [0.1, 0.15) is 0 Å². The van der Waals surface area contributed by atoms with Crippen LogP contribution in [0.15, 0.2) is 56.6 Å². The summed E-state index contributed by atoms with van der Waals surface area (Å²) in [6, 6.07) is 8.83. The zero-order valence-electron chi connectivity index (χ0n) is 13.5. The number of anilines is 1. The Balaban J connectivity index is 1.71. The van der Waals surface area contributed by atoms with Gasteiger partial charge >= 0.3 is 5.76 Å². The summed E-state index contributed by atoms with van der Waals surface area (Å²) in [5.74, 6) is -1.76. The number of nitrogens with one attached hydrogen (secondary N) is 2. The van der Waals surface area contributed by atoms with Crippen LogP contribution in [0, 0.1) is 5.82 Å². The van der Waals surface area contributed by atoms with E-state index in [0.717, 1.165) is 28.6 Å². The second kappa shape index (κ2) is 6.73. The lowest BCUT2D eigenvalue weighted by Gasteiger charge is -2.17. The summed E-state index contributed by atoms with van der Waals surface area (Å²) in [5.41, 5.74) is 1.11. The first-order valence-corrected chi connectivity index (χ1v) is 8.84. The van der Waals surface area contributed by atoms with Crippen molar-refractivity contribution >= 4 is 32.7 Å². The highest BCUT2D eigenvalue weighted by molar-refractivity contribution is 7.89. The molecule has 0 radical (unpaired) electrons. The molecule has 2 aromatic carbocycles. The molecule has 0 aliphatic heterocycles. The van der Waals surface area contributed by atoms with Crippen LogP contribution in [0.2, 0.25) is 0 Å². The van der Waals surface area contributed by atoms with Gasteiger partial charge in [-0.1, -0.05) is 0 Å². The van der Waals surface area contributed by atoms with Crippen molar-refractivity contribution in [1.29, 1.82) is 0 Å². The van der Waals surface area contributed by atoms with Gasteiger partial charge in [0.05, 0.1) is 17.0 Å². The van der Waals surface area contributed by atoms with Crippen molar-refractivity contribution in [2.24, 2.45) is 0 Å². The van der Waals surface area contributed by atoms with Crippen LogP contribution in [-0.2, 0) is 14.8 Å². The zero-order chi connectivity index (χ0) is 18.9. The van der Waals surface area contributed by atoms with Gasteiger partial charge in [0.2, 0.25) is 15.9 Å². The number of sulfonamides is 1. The van der Waals surface area contributed by atoms with Gasteiger partial charge in [-0.3, -0.25) is 9.78 Å². The number of rotatable bonds is 5. The third-order valence-electron chi connectivity index (χ3n) is 3.59. The van der Waals surface area contributed by atoms with Gasteiger partial charge in [-0.05, 0) is 42.5 Å². The molecule has 0 bridgehead atoms. The smallest absolute Gasteiger partial charge is 0.408 e. The maximum absolute atomic E-state index is 12.9. The lowest BCUT2D eigenvalue weighted by molar-refractivity contribution is -0.116. The van der Waals surface area contributed by atoms with Gasteiger partial charge in [-0.2, -0.15) is 4.31 Å². The Labute approximate surface area is 147 Å². The minimum atomic E-state index is -3.93. The molecule has 0 saturated heterocycles. The highest BCUT2D eigenvalue weighted by atomic mass is 32.2. The first-order chi connectivity index (χ1) is 12.3. The van der Waals surface area contributed by atoms with Crippen molar-refractivity contribution in [3.05, 3.63) is 58.8 Å². The second-order valence-electron chi connectivity index (χ2n) is 5.49. The molecule has 8 nitrogen and oxygen atoms in total. The van der Waals surface area contributed by atoms with E-state index in [1.165, 1.54) is 25.2 Å². The van der Waals surface area contributed by atoms with Crippen LogP contribution in [0.4, 0.5) is 10.1 Å². The molecule has 1 amide bonds. The van der Waals surface area contributed by atoms with Gasteiger partial charge in [0, 0.05) is 12.7 Å². The van der Waals surface area contributed by atoms with Crippen LogP contribution in [0.25, 0.3) is 11.1 Å². The van der Waals surface area contributed by atoms with E-state index in [0.29, 0.717) is 16.8 Å². The first kappa shape index (κ1) is 17.8. The maximum atomic E-state index is 12.9. The largest absolute Gasteiger partial charge is 0.417 e. The molecular formula is C16H14FN3O5S. The van der Waals surface area contributed by atoms with E-state index >= 15 is 0 Å². The molecule has 136 valence electrons. The van der Waals surface area contributed by atoms with Gasteiger partial charge in [-0.15, -0.1) is 0 Å². The molecule has 0 saturated carbocycles. The van der Waals surface area contributed by atoms with Crippen LogP contribution < -0.4 is 11.1 Å². The molecule has 3 aromatic rings. The Kier molecular flexibility index (Phi) is 4.62. The summed E-state index contributed by atoms with van der Waals surface area (Å²) >= 11 is 0. The van der Waals surface area contributed by atoms with Gasteiger partial charge in [0.15, 0.2) is 5.58 Å². The Morgan fingerprint density at radius 1 is 1.23 bits per heavy atom. The number of benzene rings is 2. The standard InChI is InChI=1S/C16H14FN3O5S/c1-20(26(23,24)12-5-2-10(17)3-6-12)9-15(21)18-11-4-7-14-13(8-11)19-16(22)25-14/h2-8H,9H2,1H3,(H,18,21)(H,19,22). The Bertz CT molecular complexity index is 1120. The number of aromatic amines is 1. The Hall–Kier alpha value is -2.98. The summed E-state index contributed by atoms with van der Waals surface area (Å²) in [7, 11) is -2.69. The van der Waals surface area contributed by atoms with E-state index in [-0.39, 0.29) is 4.90 Å². The molecule has 0 fully saturated rings. The van der Waals surface area contributed by atoms with Gasteiger partial charge in [-0.25, -0.2) is 17.6 Å². The molecule has 0 atom stereocenters. The summed E-state index contributed by atoms with van der Waals surface area (Å²) in [5, 5.41) is 2.54. The number of halogens is 1. The van der Waals surface area contributed by atoms with Crippen molar-refractivity contribution < 1.29 is 22.0 Å². The average molecular weight is 379 g/mol. The van der Waals surface area contributed by atoms with E-state index < -0.39 is 34.0 Å². The zero-order valence-corrected chi connectivity index (χ0v) is 14.3. The van der Waals surface area contributed by atoms with Crippen LogP contribution in [0.3, 0.4) is 0 Å². The fourth-order valence-electron chi connectivity index (χ4n) is 2.30. The van der Waals surface area contributed by atoms with E-state index in [4.69, 9.17) is 4.42 Å². The third-order valence-corrected chi connectivity index (χ3v) is 5.41. The quantitative estimate of drug-likeness (QED) is 0.698. The van der Waals surface area contributed by atoms with Crippen LogP contribution >= 0.6 is 0 Å². The molecule has 2 N–H and O–H groups in total. The first-order valence-electron chi connectivity index (χ1n) is 7.40. The topological polar surface area (TPSA) is 112 Å². The predicted octanol–water partition coefficient (Wildman–Crippen LogP) is 1.52. The van der Waals surface area contributed by atoms with Crippen molar-refractivity contribution in [1.82, 2.24) is 9.29 Å². The maximum Gasteiger partial charge on any atom is 0.417 e. The SMILES string of the molecule is CN(CC(=O)Nc1ccc2oc(=O)[nH]c2c1)S(=O)(=O)c1ccc(F)cc1. The predicted molar refractivity (Wildman–Crippen MR) is 91.7 cm³/mol. The fourth-order valence-corrected chi connectivity index (χ4v) is 3.43. The van der Waals surface area contributed by atoms with Crippen molar-refractivity contribution in [2.75, 3.05) is 18.9 Å². The minimum Gasteiger partial charge on any atom is -0.408 e. The third kappa shape index (κ3) is 3.65. The van der Waals surface area contributed by atoms with Crippen LogP contribution in [-0.4, -0.2) is 37.2 Å². The number of nitrogens with zero attached hydrogens (tertiary/aromatic N) is 1. The summed E-state index contributed by atoms with van der Waals surface area (Å²) in [4.78, 5) is 25.6. The number of aromatic nitrogens is 1. The van der Waals surface area contributed by atoms with E-state index in [9.17, 15) is 22.4 Å². The van der Waals surface area contributed by atoms with Gasteiger partial charge in [0.1, 0.15) is 5.82 Å².